The smallest absolute Gasteiger partial charge is 0.344 e. The third-order valence-electron chi connectivity index (χ3n) is 4.58. The van der Waals surface area contributed by atoms with Crippen LogP contribution in [0, 0.1) is 19.8 Å². The van der Waals surface area contributed by atoms with Gasteiger partial charge in [-0.15, -0.1) is 0 Å². The van der Waals surface area contributed by atoms with E-state index in [1.165, 1.54) is 12.5 Å². The molecular formula is C21H21BrN2O4. The fraction of sp³-hybridized carbons (Fsp3) is 0.286. The topological polar surface area (TPSA) is 79.2 Å². The van der Waals surface area contributed by atoms with Crippen molar-refractivity contribution in [2.45, 2.75) is 26.9 Å². The Morgan fingerprint density at radius 3 is 2.68 bits per heavy atom. The number of hydrogen-bond acceptors (Lipinski definition) is 5. The number of aliphatic carboxylic acids is 1. The lowest BCUT2D eigenvalue weighted by Crippen LogP contribution is -2.27. The summed E-state index contributed by atoms with van der Waals surface area (Å²) >= 11 is 3.37. The van der Waals surface area contributed by atoms with Crippen LogP contribution in [0.3, 0.4) is 0 Å². The van der Waals surface area contributed by atoms with Crippen LogP contribution >= 0.6 is 15.9 Å². The molecule has 146 valence electrons. The maximum absolute atomic E-state index is 13.1. The Labute approximate surface area is 171 Å². The average molecular weight is 445 g/mol. The van der Waals surface area contributed by atoms with Crippen molar-refractivity contribution in [3.63, 3.8) is 0 Å². The predicted octanol–water partition coefficient (Wildman–Crippen LogP) is 4.22. The first kappa shape index (κ1) is 20.1. The minimum atomic E-state index is -1.09. The zero-order chi connectivity index (χ0) is 20.4. The zero-order valence-corrected chi connectivity index (χ0v) is 17.4. The molecule has 2 unspecified atom stereocenters. The van der Waals surface area contributed by atoms with Gasteiger partial charge < -0.3 is 9.84 Å². The minimum absolute atomic E-state index is 0.162. The fourth-order valence-corrected chi connectivity index (χ4v) is 3.45. The van der Waals surface area contributed by atoms with Gasteiger partial charge in [0.1, 0.15) is 5.75 Å². The van der Waals surface area contributed by atoms with Crippen LogP contribution < -0.4 is 9.75 Å². The molecule has 0 aromatic heterocycles. The van der Waals surface area contributed by atoms with Crippen LogP contribution in [0.2, 0.25) is 0 Å². The molecule has 7 heteroatoms. The second-order valence-electron chi connectivity index (χ2n) is 6.85. The van der Waals surface area contributed by atoms with Gasteiger partial charge in [-0.1, -0.05) is 33.6 Å². The van der Waals surface area contributed by atoms with E-state index in [4.69, 9.17) is 9.84 Å². The number of carbonyl (C=O) groups excluding carboxylic acids is 1. The summed E-state index contributed by atoms with van der Waals surface area (Å²) in [7, 11) is 0. The first-order chi connectivity index (χ1) is 13.3. The van der Waals surface area contributed by atoms with E-state index in [9.17, 15) is 9.59 Å². The fourth-order valence-electron chi connectivity index (χ4n) is 3.09. The summed E-state index contributed by atoms with van der Waals surface area (Å²) in [5, 5.41) is 15.3. The van der Waals surface area contributed by atoms with Gasteiger partial charge in [-0.3, -0.25) is 9.80 Å². The molecule has 2 aromatic rings. The highest BCUT2D eigenvalue weighted by molar-refractivity contribution is 9.10. The summed E-state index contributed by atoms with van der Waals surface area (Å²) in [6.07, 6.45) is 0.573. The van der Waals surface area contributed by atoms with Crippen LogP contribution in [0.5, 0.6) is 5.75 Å². The van der Waals surface area contributed by atoms with E-state index >= 15 is 0 Å². The lowest BCUT2D eigenvalue weighted by atomic mass is 9.98. The molecule has 6 nitrogen and oxygen atoms in total. The van der Waals surface area contributed by atoms with Crippen molar-refractivity contribution < 1.29 is 19.4 Å². The molecule has 0 fully saturated rings. The van der Waals surface area contributed by atoms with E-state index in [0.717, 1.165) is 11.3 Å². The third-order valence-corrected chi connectivity index (χ3v) is 5.07. The van der Waals surface area contributed by atoms with E-state index in [2.05, 4.69) is 27.1 Å². The number of carboxylic acid groups (broad SMARTS) is 1. The first-order valence-corrected chi connectivity index (χ1v) is 9.67. The standard InChI is InChI=1S/C21H21BrN2O4/c1-12-4-6-18(13(2)8-12)24-11-15(10-23-24)20(25)17-9-16(22)5-7-19(17)28-14(3)21(26)27/h4-10,14-15H,11H2,1-3H3,(H,26,27). The van der Waals surface area contributed by atoms with Gasteiger partial charge in [0.05, 0.1) is 23.7 Å². The van der Waals surface area contributed by atoms with Crippen molar-refractivity contribution in [2.24, 2.45) is 11.0 Å². The predicted molar refractivity (Wildman–Crippen MR) is 111 cm³/mol. The van der Waals surface area contributed by atoms with Gasteiger partial charge in [-0.05, 0) is 50.6 Å². The largest absolute Gasteiger partial charge is 0.479 e. The Hall–Kier alpha value is -2.67. The lowest BCUT2D eigenvalue weighted by Gasteiger charge is -2.19. The van der Waals surface area contributed by atoms with E-state index in [-0.39, 0.29) is 11.5 Å². The molecule has 0 radical (unpaired) electrons. The second-order valence-corrected chi connectivity index (χ2v) is 7.76. The van der Waals surface area contributed by atoms with E-state index in [1.807, 2.05) is 31.0 Å². The van der Waals surface area contributed by atoms with Crippen molar-refractivity contribution in [3.8, 4) is 5.75 Å². The van der Waals surface area contributed by atoms with Gasteiger partial charge in [-0.2, -0.15) is 5.10 Å². The molecule has 1 aliphatic heterocycles. The van der Waals surface area contributed by atoms with Crippen LogP contribution in [0.4, 0.5) is 5.69 Å². The third kappa shape index (κ3) is 4.25. The summed E-state index contributed by atoms with van der Waals surface area (Å²) in [6, 6.07) is 11.1. The van der Waals surface area contributed by atoms with Crippen LogP contribution in [-0.4, -0.2) is 35.7 Å². The number of nitrogens with zero attached hydrogens (tertiary/aromatic N) is 2. The van der Waals surface area contributed by atoms with Crippen LogP contribution in [-0.2, 0) is 4.79 Å². The van der Waals surface area contributed by atoms with Crippen LogP contribution in [0.15, 0.2) is 46.0 Å². The summed E-state index contributed by atoms with van der Waals surface area (Å²) in [5.74, 6) is -1.45. The highest BCUT2D eigenvalue weighted by Gasteiger charge is 2.29. The Bertz CT molecular complexity index is 957. The zero-order valence-electron chi connectivity index (χ0n) is 15.8. The van der Waals surface area contributed by atoms with Gasteiger partial charge in [0.25, 0.3) is 0 Å². The molecule has 2 aromatic carbocycles. The molecule has 0 spiro atoms. The van der Waals surface area contributed by atoms with E-state index in [1.54, 1.807) is 24.4 Å². The number of hydrogen-bond donors (Lipinski definition) is 1. The number of halogens is 1. The van der Waals surface area contributed by atoms with Gasteiger partial charge in [-0.25, -0.2) is 4.79 Å². The van der Waals surface area contributed by atoms with E-state index < -0.39 is 18.0 Å². The van der Waals surface area contributed by atoms with Gasteiger partial charge in [0.2, 0.25) is 0 Å². The van der Waals surface area contributed by atoms with Gasteiger partial charge in [0.15, 0.2) is 11.9 Å². The number of hydrazone groups is 1. The number of benzene rings is 2. The number of rotatable bonds is 6. The van der Waals surface area contributed by atoms with Gasteiger partial charge in [0, 0.05) is 10.7 Å². The van der Waals surface area contributed by atoms with Crippen molar-refractivity contribution in [1.82, 2.24) is 0 Å². The number of carbonyl (C=O) groups is 2. The highest BCUT2D eigenvalue weighted by Crippen LogP contribution is 2.30. The Morgan fingerprint density at radius 2 is 2.00 bits per heavy atom. The summed E-state index contributed by atoms with van der Waals surface area (Å²) in [5.41, 5.74) is 3.55. The highest BCUT2D eigenvalue weighted by atomic mass is 79.9. The Morgan fingerprint density at radius 1 is 1.25 bits per heavy atom. The molecule has 0 saturated carbocycles. The van der Waals surface area contributed by atoms with E-state index in [0.29, 0.717) is 16.6 Å². The molecular weight excluding hydrogens is 424 g/mol. The molecule has 1 aliphatic rings. The first-order valence-electron chi connectivity index (χ1n) is 8.88. The second kappa shape index (κ2) is 8.14. The Kier molecular flexibility index (Phi) is 5.84. The minimum Gasteiger partial charge on any atom is -0.479 e. The van der Waals surface area contributed by atoms with Crippen LogP contribution in [0.1, 0.15) is 28.4 Å². The molecule has 0 amide bonds. The monoisotopic (exact) mass is 444 g/mol. The van der Waals surface area contributed by atoms with Crippen molar-refractivity contribution in [1.29, 1.82) is 0 Å². The summed E-state index contributed by atoms with van der Waals surface area (Å²) in [6.45, 7) is 5.89. The molecule has 2 atom stereocenters. The molecule has 3 rings (SSSR count). The number of ether oxygens (including phenoxy) is 1. The number of Topliss-reactive ketones (excluding diaryl/α,β-unsaturated/α-hetero) is 1. The maximum atomic E-state index is 13.1. The molecule has 0 bridgehead atoms. The summed E-state index contributed by atoms with van der Waals surface area (Å²) in [4.78, 5) is 24.2. The number of carboxylic acids is 1. The molecule has 1 N–H and O–H groups in total. The van der Waals surface area contributed by atoms with Crippen LogP contribution in [0.25, 0.3) is 0 Å². The molecule has 0 aliphatic carbocycles. The molecule has 28 heavy (non-hydrogen) atoms. The molecule has 0 saturated heterocycles. The van der Waals surface area contributed by atoms with Gasteiger partial charge >= 0.3 is 5.97 Å². The SMILES string of the molecule is Cc1ccc(N2CC(C(=O)c3cc(Br)ccc3OC(C)C(=O)O)C=N2)c(C)c1. The van der Waals surface area contributed by atoms with Crippen molar-refractivity contribution >= 4 is 39.6 Å². The Balaban J connectivity index is 1.82. The normalized spacial score (nSPS) is 16.9. The lowest BCUT2D eigenvalue weighted by molar-refractivity contribution is -0.144. The number of ketones is 1. The average Bonchev–Trinajstić information content (AvgIpc) is 3.12. The maximum Gasteiger partial charge on any atom is 0.344 e. The van der Waals surface area contributed by atoms with Crippen molar-refractivity contribution in [2.75, 3.05) is 11.6 Å². The quantitative estimate of drug-likeness (QED) is 0.674. The summed E-state index contributed by atoms with van der Waals surface area (Å²) < 4.78 is 6.20. The number of anilines is 1. The number of aryl methyl sites for hydroxylation is 2. The van der Waals surface area contributed by atoms with Crippen molar-refractivity contribution in [3.05, 3.63) is 57.6 Å². The molecule has 1 heterocycles.